The van der Waals surface area contributed by atoms with Crippen LogP contribution in [0.1, 0.15) is 162 Å². The van der Waals surface area contributed by atoms with Crippen LogP contribution >= 0.6 is 0 Å². The fourth-order valence-electron chi connectivity index (χ4n) is 4.51. The normalized spacial score (nSPS) is 13.7. The van der Waals surface area contributed by atoms with Crippen molar-refractivity contribution in [1.82, 2.24) is 0 Å². The highest BCUT2D eigenvalue weighted by atomic mass is 14.1. The second-order valence-electron chi connectivity index (χ2n) is 9.78. The summed E-state index contributed by atoms with van der Waals surface area (Å²) in [6.45, 7) is 11.4. The minimum atomic E-state index is 0.717. The lowest BCUT2D eigenvalue weighted by atomic mass is 9.95. The highest BCUT2D eigenvalue weighted by Gasteiger charge is 2.03. The zero-order chi connectivity index (χ0) is 20.7. The van der Waals surface area contributed by atoms with Crippen LogP contribution in [-0.4, -0.2) is 0 Å². The van der Waals surface area contributed by atoms with Gasteiger partial charge in [0.1, 0.15) is 0 Å². The van der Waals surface area contributed by atoms with Crippen molar-refractivity contribution < 1.29 is 0 Å². The largest absolute Gasteiger partial charge is 0.0654 e. The summed E-state index contributed by atoms with van der Waals surface area (Å²) in [7, 11) is 0. The molecule has 2 unspecified atom stereocenters. The van der Waals surface area contributed by atoms with Crippen LogP contribution in [0.4, 0.5) is 0 Å². The molecule has 0 bridgehead atoms. The van der Waals surface area contributed by atoms with E-state index in [4.69, 9.17) is 0 Å². The first-order valence-corrected chi connectivity index (χ1v) is 13.5. The summed E-state index contributed by atoms with van der Waals surface area (Å²) in [5, 5.41) is 0. The Morgan fingerprint density at radius 3 is 1.18 bits per heavy atom. The standard InChI is InChI=1S/C28H57/c1-5-7-8-9-10-11-12-14-18-21-25-28(4)26-22-19-16-13-15-17-20-24-27(3)23-6-2/h27-28H,4-26H2,1-3H3. The van der Waals surface area contributed by atoms with Crippen LogP contribution in [0.15, 0.2) is 0 Å². The van der Waals surface area contributed by atoms with Crippen LogP contribution in [0.5, 0.6) is 0 Å². The fourth-order valence-corrected chi connectivity index (χ4v) is 4.51. The monoisotopic (exact) mass is 393 g/mol. The Morgan fingerprint density at radius 2 is 0.786 bits per heavy atom. The highest BCUT2D eigenvalue weighted by molar-refractivity contribution is 4.62. The molecule has 0 aliphatic carbocycles. The van der Waals surface area contributed by atoms with Crippen molar-refractivity contribution in [3.63, 3.8) is 0 Å². The molecule has 0 aliphatic heterocycles. The molecule has 0 spiro atoms. The van der Waals surface area contributed by atoms with Crippen LogP contribution in [-0.2, 0) is 0 Å². The molecular weight excluding hydrogens is 336 g/mol. The van der Waals surface area contributed by atoms with E-state index < -0.39 is 0 Å². The summed E-state index contributed by atoms with van der Waals surface area (Å²) < 4.78 is 0. The zero-order valence-electron chi connectivity index (χ0n) is 20.4. The van der Waals surface area contributed by atoms with Gasteiger partial charge in [0.2, 0.25) is 0 Å². The van der Waals surface area contributed by atoms with E-state index in [1.165, 1.54) is 141 Å². The van der Waals surface area contributed by atoms with Crippen molar-refractivity contribution in [3.05, 3.63) is 6.92 Å². The second kappa shape index (κ2) is 23.3. The third-order valence-corrected chi connectivity index (χ3v) is 6.56. The molecule has 0 aliphatic rings. The SMILES string of the molecule is [CH2]C(CCCCCCCCCCCC)CCCCCCCCCC(C)CCC. The summed E-state index contributed by atoms with van der Waals surface area (Å²) in [4.78, 5) is 0. The number of rotatable bonds is 23. The first kappa shape index (κ1) is 28.0. The molecule has 0 heterocycles. The topological polar surface area (TPSA) is 0 Å². The molecule has 0 aromatic rings. The molecule has 0 aromatic carbocycles. The summed E-state index contributed by atoms with van der Waals surface area (Å²) in [5.74, 6) is 1.67. The minimum Gasteiger partial charge on any atom is -0.0654 e. The van der Waals surface area contributed by atoms with Gasteiger partial charge in [0, 0.05) is 0 Å². The van der Waals surface area contributed by atoms with Gasteiger partial charge >= 0.3 is 0 Å². The third-order valence-electron chi connectivity index (χ3n) is 6.56. The molecule has 0 aromatic heterocycles. The first-order chi connectivity index (χ1) is 13.7. The Labute approximate surface area is 181 Å². The van der Waals surface area contributed by atoms with Crippen LogP contribution in [0.3, 0.4) is 0 Å². The van der Waals surface area contributed by atoms with E-state index in [9.17, 15) is 0 Å². The maximum atomic E-state index is 4.40. The summed E-state index contributed by atoms with van der Waals surface area (Å²) >= 11 is 0. The average Bonchev–Trinajstić information content (AvgIpc) is 2.68. The van der Waals surface area contributed by atoms with Crippen molar-refractivity contribution in [2.45, 2.75) is 162 Å². The Balaban J connectivity index is 3.18. The quantitative estimate of drug-likeness (QED) is 0.151. The Morgan fingerprint density at radius 1 is 0.429 bits per heavy atom. The van der Waals surface area contributed by atoms with E-state index in [1.807, 2.05) is 0 Å². The number of hydrogen-bond donors (Lipinski definition) is 0. The lowest BCUT2D eigenvalue weighted by molar-refractivity contribution is 0.444. The van der Waals surface area contributed by atoms with E-state index in [0.717, 1.165) is 5.92 Å². The zero-order valence-corrected chi connectivity index (χ0v) is 20.4. The molecule has 0 nitrogen and oxygen atoms in total. The van der Waals surface area contributed by atoms with Gasteiger partial charge in [-0.25, -0.2) is 0 Å². The summed E-state index contributed by atoms with van der Waals surface area (Å²) in [6.07, 6.45) is 31.6. The average molecular weight is 394 g/mol. The van der Waals surface area contributed by atoms with Gasteiger partial charge in [0.15, 0.2) is 0 Å². The van der Waals surface area contributed by atoms with Gasteiger partial charge in [-0.05, 0) is 11.8 Å². The molecule has 0 N–H and O–H groups in total. The van der Waals surface area contributed by atoms with E-state index in [2.05, 4.69) is 27.7 Å². The molecule has 169 valence electrons. The van der Waals surface area contributed by atoms with Crippen molar-refractivity contribution >= 4 is 0 Å². The Bertz CT molecular complexity index is 269. The molecule has 28 heavy (non-hydrogen) atoms. The third kappa shape index (κ3) is 22.3. The molecule has 0 heteroatoms. The van der Waals surface area contributed by atoms with Gasteiger partial charge in [-0.2, -0.15) is 0 Å². The Hall–Kier alpha value is 0. The Kier molecular flexibility index (Phi) is 23.3. The molecule has 0 fully saturated rings. The lowest BCUT2D eigenvalue weighted by Gasteiger charge is -2.11. The second-order valence-corrected chi connectivity index (χ2v) is 9.78. The van der Waals surface area contributed by atoms with Crippen molar-refractivity contribution in [1.29, 1.82) is 0 Å². The fraction of sp³-hybridized carbons (Fsp3) is 0.964. The van der Waals surface area contributed by atoms with Crippen LogP contribution in [0.25, 0.3) is 0 Å². The van der Waals surface area contributed by atoms with Crippen molar-refractivity contribution in [2.75, 3.05) is 0 Å². The van der Waals surface area contributed by atoms with Gasteiger partial charge in [-0.3, -0.25) is 0 Å². The maximum absolute atomic E-state index is 4.40. The summed E-state index contributed by atoms with van der Waals surface area (Å²) in [5.41, 5.74) is 0. The van der Waals surface area contributed by atoms with Gasteiger partial charge in [0.05, 0.1) is 0 Å². The van der Waals surface area contributed by atoms with E-state index in [1.54, 1.807) is 0 Å². The maximum Gasteiger partial charge on any atom is -0.0414 e. The van der Waals surface area contributed by atoms with E-state index >= 15 is 0 Å². The van der Waals surface area contributed by atoms with Gasteiger partial charge in [-0.1, -0.05) is 169 Å². The molecule has 0 saturated heterocycles. The molecule has 1 radical (unpaired) electrons. The predicted molar refractivity (Wildman–Crippen MR) is 131 cm³/mol. The molecule has 2 atom stereocenters. The predicted octanol–water partition coefficient (Wildman–Crippen LogP) is 10.7. The number of hydrogen-bond acceptors (Lipinski definition) is 0. The van der Waals surface area contributed by atoms with Gasteiger partial charge in [-0.15, -0.1) is 0 Å². The molecule has 0 saturated carbocycles. The van der Waals surface area contributed by atoms with E-state index in [0.29, 0.717) is 5.92 Å². The van der Waals surface area contributed by atoms with Crippen LogP contribution in [0, 0.1) is 18.8 Å². The highest BCUT2D eigenvalue weighted by Crippen LogP contribution is 2.19. The minimum absolute atomic E-state index is 0.717. The molecular formula is C28H57. The molecule has 0 rings (SSSR count). The number of unbranched alkanes of at least 4 members (excludes halogenated alkanes) is 15. The lowest BCUT2D eigenvalue weighted by Crippen LogP contribution is -1.96. The van der Waals surface area contributed by atoms with Gasteiger partial charge in [0.25, 0.3) is 0 Å². The smallest absolute Gasteiger partial charge is 0.0414 e. The van der Waals surface area contributed by atoms with Crippen LogP contribution in [0.2, 0.25) is 0 Å². The first-order valence-electron chi connectivity index (χ1n) is 13.5. The van der Waals surface area contributed by atoms with Crippen molar-refractivity contribution in [3.8, 4) is 0 Å². The van der Waals surface area contributed by atoms with Gasteiger partial charge < -0.3 is 0 Å². The van der Waals surface area contributed by atoms with E-state index in [-0.39, 0.29) is 0 Å². The van der Waals surface area contributed by atoms with Crippen LogP contribution < -0.4 is 0 Å². The van der Waals surface area contributed by atoms with Crippen molar-refractivity contribution in [2.24, 2.45) is 11.8 Å². The summed E-state index contributed by atoms with van der Waals surface area (Å²) in [6, 6.07) is 0. The molecule has 0 amide bonds.